The largest absolute Gasteiger partial charge is 0.371 e. The molecule has 1 atom stereocenters. The number of halogens is 2. The number of nitrogens with zero attached hydrogens (tertiary/aromatic N) is 2. The lowest BCUT2D eigenvalue weighted by atomic mass is 10.1. The molecule has 7 heteroatoms. The van der Waals surface area contributed by atoms with E-state index in [1.807, 2.05) is 11.8 Å². The SMILES string of the molecule is CCNC(=NCC1CCN(c2ccc(Br)cc2)C1)NCCSC.I. The van der Waals surface area contributed by atoms with E-state index in [4.69, 9.17) is 4.99 Å². The van der Waals surface area contributed by atoms with E-state index in [1.54, 1.807) is 0 Å². The van der Waals surface area contributed by atoms with Crippen LogP contribution in [0.4, 0.5) is 5.69 Å². The first-order valence-electron chi connectivity index (χ1n) is 8.24. The Hall–Kier alpha value is -0.150. The van der Waals surface area contributed by atoms with Crippen LogP contribution >= 0.6 is 51.7 Å². The molecule has 0 aliphatic carbocycles. The van der Waals surface area contributed by atoms with Crippen LogP contribution in [-0.4, -0.2) is 50.7 Å². The summed E-state index contributed by atoms with van der Waals surface area (Å²) < 4.78 is 1.13. The second-order valence-corrected chi connectivity index (χ2v) is 7.62. The lowest BCUT2D eigenvalue weighted by Crippen LogP contribution is -2.38. The number of hydrogen-bond donors (Lipinski definition) is 2. The van der Waals surface area contributed by atoms with Crippen molar-refractivity contribution in [3.05, 3.63) is 28.7 Å². The summed E-state index contributed by atoms with van der Waals surface area (Å²) in [7, 11) is 0. The van der Waals surface area contributed by atoms with Gasteiger partial charge in [0, 0.05) is 48.6 Å². The van der Waals surface area contributed by atoms with Gasteiger partial charge in [0.2, 0.25) is 0 Å². The minimum atomic E-state index is 0. The van der Waals surface area contributed by atoms with Gasteiger partial charge in [-0.05, 0) is 49.8 Å². The van der Waals surface area contributed by atoms with Crippen molar-refractivity contribution in [1.29, 1.82) is 0 Å². The van der Waals surface area contributed by atoms with E-state index in [1.165, 1.54) is 12.1 Å². The van der Waals surface area contributed by atoms with E-state index >= 15 is 0 Å². The highest BCUT2D eigenvalue weighted by Gasteiger charge is 2.22. The van der Waals surface area contributed by atoms with Crippen molar-refractivity contribution in [1.82, 2.24) is 10.6 Å². The van der Waals surface area contributed by atoms with E-state index in [0.29, 0.717) is 5.92 Å². The summed E-state index contributed by atoms with van der Waals surface area (Å²) in [6.45, 7) is 7.08. The number of aliphatic imine (C=N–C) groups is 1. The molecule has 2 rings (SSSR count). The molecular formula is C17H28BrIN4S. The fourth-order valence-electron chi connectivity index (χ4n) is 2.70. The van der Waals surface area contributed by atoms with E-state index in [0.717, 1.165) is 48.9 Å². The molecule has 1 fully saturated rings. The number of anilines is 1. The van der Waals surface area contributed by atoms with E-state index < -0.39 is 0 Å². The maximum absolute atomic E-state index is 4.76. The first kappa shape index (κ1) is 21.9. The van der Waals surface area contributed by atoms with E-state index in [2.05, 4.69) is 68.9 Å². The Bertz CT molecular complexity index is 498. The van der Waals surface area contributed by atoms with Crippen molar-refractivity contribution in [2.45, 2.75) is 13.3 Å². The molecule has 0 radical (unpaired) electrons. The van der Waals surface area contributed by atoms with Gasteiger partial charge in [-0.15, -0.1) is 24.0 Å². The predicted octanol–water partition coefficient (Wildman–Crippen LogP) is 3.81. The minimum Gasteiger partial charge on any atom is -0.371 e. The third-order valence-corrected chi connectivity index (χ3v) is 5.07. The van der Waals surface area contributed by atoms with Crippen LogP contribution in [0.5, 0.6) is 0 Å². The van der Waals surface area contributed by atoms with Crippen molar-refractivity contribution >= 4 is 63.3 Å². The quantitative estimate of drug-likeness (QED) is 0.245. The smallest absolute Gasteiger partial charge is 0.191 e. The molecule has 4 nitrogen and oxygen atoms in total. The fraction of sp³-hybridized carbons (Fsp3) is 0.588. The molecule has 2 N–H and O–H groups in total. The molecule has 0 bridgehead atoms. The summed E-state index contributed by atoms with van der Waals surface area (Å²) in [6, 6.07) is 8.59. The van der Waals surface area contributed by atoms with Gasteiger partial charge in [-0.25, -0.2) is 0 Å². The average Bonchev–Trinajstić information content (AvgIpc) is 3.02. The first-order chi connectivity index (χ1) is 11.2. The van der Waals surface area contributed by atoms with Gasteiger partial charge < -0.3 is 15.5 Å². The Balaban J connectivity index is 0.00000288. The zero-order valence-corrected chi connectivity index (χ0v) is 19.2. The molecule has 1 aromatic carbocycles. The van der Waals surface area contributed by atoms with E-state index in [9.17, 15) is 0 Å². The van der Waals surface area contributed by atoms with Gasteiger partial charge in [-0.3, -0.25) is 4.99 Å². The number of hydrogen-bond acceptors (Lipinski definition) is 3. The molecule has 1 aliphatic heterocycles. The van der Waals surface area contributed by atoms with Crippen molar-refractivity contribution < 1.29 is 0 Å². The van der Waals surface area contributed by atoms with Crippen LogP contribution in [0.2, 0.25) is 0 Å². The Morgan fingerprint density at radius 3 is 2.75 bits per heavy atom. The van der Waals surface area contributed by atoms with Crippen LogP contribution in [0.25, 0.3) is 0 Å². The Morgan fingerprint density at radius 1 is 1.33 bits per heavy atom. The number of benzene rings is 1. The Labute approximate surface area is 175 Å². The highest BCUT2D eigenvalue weighted by molar-refractivity contribution is 14.0. The first-order valence-corrected chi connectivity index (χ1v) is 10.4. The summed E-state index contributed by atoms with van der Waals surface area (Å²) in [5, 5.41) is 6.72. The average molecular weight is 527 g/mol. The number of rotatable bonds is 7. The van der Waals surface area contributed by atoms with Gasteiger partial charge in [-0.2, -0.15) is 11.8 Å². The molecule has 24 heavy (non-hydrogen) atoms. The molecule has 136 valence electrons. The maximum Gasteiger partial charge on any atom is 0.191 e. The van der Waals surface area contributed by atoms with Crippen molar-refractivity contribution in [2.24, 2.45) is 10.9 Å². The van der Waals surface area contributed by atoms with Crippen LogP contribution in [0.3, 0.4) is 0 Å². The monoisotopic (exact) mass is 526 g/mol. The summed E-state index contributed by atoms with van der Waals surface area (Å²) in [5.41, 5.74) is 1.31. The zero-order valence-electron chi connectivity index (χ0n) is 14.4. The zero-order chi connectivity index (χ0) is 16.5. The van der Waals surface area contributed by atoms with Crippen molar-refractivity contribution in [2.75, 3.05) is 49.6 Å². The van der Waals surface area contributed by atoms with Gasteiger partial charge in [0.05, 0.1) is 0 Å². The maximum atomic E-state index is 4.76. The van der Waals surface area contributed by atoms with Gasteiger partial charge in [-0.1, -0.05) is 15.9 Å². The summed E-state index contributed by atoms with van der Waals surface area (Å²) >= 11 is 5.34. The van der Waals surface area contributed by atoms with Gasteiger partial charge in [0.15, 0.2) is 5.96 Å². The van der Waals surface area contributed by atoms with Crippen molar-refractivity contribution in [3.63, 3.8) is 0 Å². The number of nitrogens with one attached hydrogen (secondary N) is 2. The van der Waals surface area contributed by atoms with Crippen LogP contribution in [0, 0.1) is 5.92 Å². The number of thioether (sulfide) groups is 1. The second-order valence-electron chi connectivity index (χ2n) is 5.72. The molecule has 0 aromatic heterocycles. The van der Waals surface area contributed by atoms with Crippen LogP contribution < -0.4 is 15.5 Å². The Morgan fingerprint density at radius 2 is 2.08 bits per heavy atom. The molecule has 1 aromatic rings. The molecule has 1 unspecified atom stereocenters. The van der Waals surface area contributed by atoms with Crippen LogP contribution in [0.15, 0.2) is 33.7 Å². The van der Waals surface area contributed by atoms with Crippen molar-refractivity contribution in [3.8, 4) is 0 Å². The molecule has 0 spiro atoms. The normalized spacial score (nSPS) is 17.5. The summed E-state index contributed by atoms with van der Waals surface area (Å²) in [6.07, 6.45) is 3.34. The fourth-order valence-corrected chi connectivity index (χ4v) is 3.27. The van der Waals surface area contributed by atoms with E-state index in [-0.39, 0.29) is 24.0 Å². The lowest BCUT2D eigenvalue weighted by molar-refractivity contribution is 0.599. The molecule has 1 heterocycles. The third-order valence-electron chi connectivity index (χ3n) is 3.93. The summed E-state index contributed by atoms with van der Waals surface area (Å²) in [5.74, 6) is 2.68. The standard InChI is InChI=1S/C17H27BrN4S.HI/c1-3-19-17(20-9-11-23-2)21-12-14-8-10-22(13-14)16-6-4-15(18)5-7-16;/h4-7,14H,3,8-13H2,1-2H3,(H2,19,20,21);1H. The van der Waals surface area contributed by atoms with Gasteiger partial charge in [0.25, 0.3) is 0 Å². The van der Waals surface area contributed by atoms with Crippen LogP contribution in [-0.2, 0) is 0 Å². The summed E-state index contributed by atoms with van der Waals surface area (Å²) in [4.78, 5) is 7.22. The third kappa shape index (κ3) is 7.39. The highest BCUT2D eigenvalue weighted by Crippen LogP contribution is 2.25. The van der Waals surface area contributed by atoms with Crippen LogP contribution in [0.1, 0.15) is 13.3 Å². The molecular weight excluding hydrogens is 499 g/mol. The second kappa shape index (κ2) is 12.2. The molecule has 0 saturated carbocycles. The van der Waals surface area contributed by atoms with Gasteiger partial charge in [0.1, 0.15) is 0 Å². The van der Waals surface area contributed by atoms with Gasteiger partial charge >= 0.3 is 0 Å². The lowest BCUT2D eigenvalue weighted by Gasteiger charge is -2.18. The topological polar surface area (TPSA) is 39.7 Å². The number of guanidine groups is 1. The molecule has 0 amide bonds. The predicted molar refractivity (Wildman–Crippen MR) is 122 cm³/mol. The minimum absolute atomic E-state index is 0. The molecule has 1 aliphatic rings. The Kier molecular flexibility index (Phi) is 11.2. The molecule has 1 saturated heterocycles. The highest BCUT2D eigenvalue weighted by atomic mass is 127.